The molecule has 0 saturated heterocycles. The van der Waals surface area contributed by atoms with E-state index < -0.39 is 0 Å². The van der Waals surface area contributed by atoms with Crippen molar-refractivity contribution in [2.24, 2.45) is 0 Å². The molecule has 1 atom stereocenters. The summed E-state index contributed by atoms with van der Waals surface area (Å²) in [6, 6.07) is 11.6. The van der Waals surface area contributed by atoms with Gasteiger partial charge in [-0.25, -0.2) is 0 Å². The Labute approximate surface area is 136 Å². The number of nitrogens with one attached hydrogen (secondary N) is 1. The number of phenolic OH excluding ortho intramolecular Hbond substituents is 1. The highest BCUT2D eigenvalue weighted by Gasteiger charge is 2.15. The van der Waals surface area contributed by atoms with E-state index in [0.29, 0.717) is 5.56 Å². The van der Waals surface area contributed by atoms with Gasteiger partial charge in [0.15, 0.2) is 0 Å². The van der Waals surface area contributed by atoms with Crippen molar-refractivity contribution in [1.29, 1.82) is 0 Å². The molecule has 0 heterocycles. The third-order valence-electron chi connectivity index (χ3n) is 3.12. The highest BCUT2D eigenvalue weighted by Crippen LogP contribution is 2.21. The number of benzene rings is 2. The number of halogens is 1. The van der Waals surface area contributed by atoms with Crippen molar-refractivity contribution in [2.45, 2.75) is 13.0 Å². The fourth-order valence-electron chi connectivity index (χ4n) is 1.91. The summed E-state index contributed by atoms with van der Waals surface area (Å²) in [5, 5.41) is 12.6. The Hall–Kier alpha value is -1.89. The van der Waals surface area contributed by atoms with Crippen LogP contribution in [0.15, 0.2) is 42.5 Å². The number of hydrogen-bond acceptors (Lipinski definition) is 3. The van der Waals surface area contributed by atoms with Gasteiger partial charge >= 0.3 is 0 Å². The lowest BCUT2D eigenvalue weighted by atomic mass is 10.1. The van der Waals surface area contributed by atoms with Gasteiger partial charge in [-0.1, -0.05) is 24.3 Å². The maximum Gasteiger partial charge on any atom is 0.255 e. The molecule has 21 heavy (non-hydrogen) atoms. The second-order valence-electron chi connectivity index (χ2n) is 4.64. The van der Waals surface area contributed by atoms with E-state index in [2.05, 4.69) is 27.9 Å². The van der Waals surface area contributed by atoms with Crippen molar-refractivity contribution in [3.8, 4) is 5.75 Å². The van der Waals surface area contributed by atoms with E-state index in [1.807, 2.05) is 6.92 Å². The predicted molar refractivity (Wildman–Crippen MR) is 88.5 cm³/mol. The summed E-state index contributed by atoms with van der Waals surface area (Å²) in [6.45, 7) is 1.85. The number of aldehydes is 1. The number of rotatable bonds is 4. The first-order valence-electron chi connectivity index (χ1n) is 6.36. The quantitative estimate of drug-likeness (QED) is 0.617. The van der Waals surface area contributed by atoms with Crippen LogP contribution in [0.1, 0.15) is 39.2 Å². The van der Waals surface area contributed by atoms with Crippen molar-refractivity contribution in [3.63, 3.8) is 0 Å². The molecule has 2 rings (SSSR count). The molecule has 0 aromatic heterocycles. The smallest absolute Gasteiger partial charge is 0.255 e. The van der Waals surface area contributed by atoms with Gasteiger partial charge in [0.2, 0.25) is 0 Å². The van der Waals surface area contributed by atoms with Crippen molar-refractivity contribution < 1.29 is 14.7 Å². The second kappa shape index (κ2) is 6.71. The summed E-state index contributed by atoms with van der Waals surface area (Å²) in [4.78, 5) is 22.8. The topological polar surface area (TPSA) is 66.4 Å². The maximum atomic E-state index is 12.2. The standard InChI is InChI=1S/C16H14INO3/c1-10(12-4-2-11(9-19)3-5-12)18-16(21)14-8-13(17)6-7-15(14)20/h2-10,20H,1H3,(H,18,21)/t10-/m0/s1. The summed E-state index contributed by atoms with van der Waals surface area (Å²) in [7, 11) is 0. The Balaban J connectivity index is 2.14. The molecule has 108 valence electrons. The number of carbonyl (C=O) groups excluding carboxylic acids is 2. The first-order valence-corrected chi connectivity index (χ1v) is 7.43. The Morgan fingerprint density at radius 2 is 1.90 bits per heavy atom. The summed E-state index contributed by atoms with van der Waals surface area (Å²) < 4.78 is 0.874. The van der Waals surface area contributed by atoms with Crippen LogP contribution in [0.5, 0.6) is 5.75 Å². The maximum absolute atomic E-state index is 12.2. The molecule has 0 unspecified atom stereocenters. The molecule has 0 aliphatic carbocycles. The third kappa shape index (κ3) is 3.81. The third-order valence-corrected chi connectivity index (χ3v) is 3.79. The summed E-state index contributed by atoms with van der Waals surface area (Å²) in [6.07, 6.45) is 0.775. The minimum absolute atomic E-state index is 0.0450. The minimum Gasteiger partial charge on any atom is -0.507 e. The van der Waals surface area contributed by atoms with Crippen LogP contribution in [0, 0.1) is 3.57 Å². The molecule has 2 aromatic rings. The van der Waals surface area contributed by atoms with Gasteiger partial charge in [-0.3, -0.25) is 9.59 Å². The van der Waals surface area contributed by atoms with Crippen LogP contribution in [-0.4, -0.2) is 17.3 Å². The molecule has 2 N–H and O–H groups in total. The van der Waals surface area contributed by atoms with Crippen molar-refractivity contribution in [2.75, 3.05) is 0 Å². The van der Waals surface area contributed by atoms with E-state index in [9.17, 15) is 14.7 Å². The number of carbonyl (C=O) groups is 2. The minimum atomic E-state index is -0.335. The van der Waals surface area contributed by atoms with Crippen LogP contribution < -0.4 is 5.32 Å². The highest BCUT2D eigenvalue weighted by atomic mass is 127. The Kier molecular flexibility index (Phi) is 4.95. The summed E-state index contributed by atoms with van der Waals surface area (Å²) >= 11 is 2.08. The van der Waals surface area contributed by atoms with E-state index in [0.717, 1.165) is 15.4 Å². The lowest BCUT2D eigenvalue weighted by Gasteiger charge is -2.15. The van der Waals surface area contributed by atoms with E-state index >= 15 is 0 Å². The molecule has 0 aliphatic heterocycles. The monoisotopic (exact) mass is 395 g/mol. The molecule has 5 heteroatoms. The van der Waals surface area contributed by atoms with Crippen molar-refractivity contribution >= 4 is 34.8 Å². The van der Waals surface area contributed by atoms with Gasteiger partial charge < -0.3 is 10.4 Å². The number of amides is 1. The molecule has 0 saturated carbocycles. The number of aromatic hydroxyl groups is 1. The number of phenols is 1. The molecule has 0 radical (unpaired) electrons. The highest BCUT2D eigenvalue weighted by molar-refractivity contribution is 14.1. The molecule has 0 fully saturated rings. The fraction of sp³-hybridized carbons (Fsp3) is 0.125. The molecular formula is C16H14INO3. The fourth-order valence-corrected chi connectivity index (χ4v) is 2.40. The van der Waals surface area contributed by atoms with Gasteiger partial charge in [-0.2, -0.15) is 0 Å². The Morgan fingerprint density at radius 3 is 2.52 bits per heavy atom. The SMILES string of the molecule is C[C@H](NC(=O)c1cc(I)ccc1O)c1ccc(C=O)cc1. The van der Waals surface area contributed by atoms with Crippen LogP contribution in [0.4, 0.5) is 0 Å². The average Bonchev–Trinajstić information content (AvgIpc) is 2.49. The van der Waals surface area contributed by atoms with E-state index in [1.54, 1.807) is 36.4 Å². The van der Waals surface area contributed by atoms with Crippen LogP contribution in [-0.2, 0) is 0 Å². The normalized spacial score (nSPS) is 11.7. The molecule has 0 aliphatic rings. The van der Waals surface area contributed by atoms with Gasteiger partial charge in [-0.05, 0) is 53.3 Å². The Bertz CT molecular complexity index is 668. The zero-order chi connectivity index (χ0) is 15.4. The van der Waals surface area contributed by atoms with Crippen molar-refractivity contribution in [1.82, 2.24) is 5.32 Å². The van der Waals surface area contributed by atoms with Crippen LogP contribution in [0.2, 0.25) is 0 Å². The molecule has 2 aromatic carbocycles. The van der Waals surface area contributed by atoms with Crippen LogP contribution in [0.3, 0.4) is 0 Å². The lowest BCUT2D eigenvalue weighted by molar-refractivity contribution is 0.0936. The predicted octanol–water partition coefficient (Wildman–Crippen LogP) is 3.30. The molecule has 4 nitrogen and oxygen atoms in total. The van der Waals surface area contributed by atoms with E-state index in [1.165, 1.54) is 6.07 Å². The first kappa shape index (κ1) is 15.5. The summed E-state index contributed by atoms with van der Waals surface area (Å²) in [5.41, 5.74) is 1.73. The number of hydrogen-bond donors (Lipinski definition) is 2. The lowest BCUT2D eigenvalue weighted by Crippen LogP contribution is -2.26. The largest absolute Gasteiger partial charge is 0.507 e. The van der Waals surface area contributed by atoms with Gasteiger partial charge in [0.05, 0.1) is 11.6 Å². The molecule has 0 bridgehead atoms. The average molecular weight is 395 g/mol. The van der Waals surface area contributed by atoms with E-state index in [4.69, 9.17) is 0 Å². The van der Waals surface area contributed by atoms with Gasteiger partial charge in [0, 0.05) is 9.13 Å². The zero-order valence-electron chi connectivity index (χ0n) is 11.3. The zero-order valence-corrected chi connectivity index (χ0v) is 13.5. The Morgan fingerprint density at radius 1 is 1.24 bits per heavy atom. The van der Waals surface area contributed by atoms with Crippen molar-refractivity contribution in [3.05, 3.63) is 62.7 Å². The molecule has 1 amide bonds. The van der Waals surface area contributed by atoms with Crippen LogP contribution >= 0.6 is 22.6 Å². The van der Waals surface area contributed by atoms with Gasteiger partial charge in [0.1, 0.15) is 12.0 Å². The molecule has 0 spiro atoms. The first-order chi connectivity index (χ1) is 10.0. The molecular weight excluding hydrogens is 381 g/mol. The van der Waals surface area contributed by atoms with Gasteiger partial charge in [-0.15, -0.1) is 0 Å². The van der Waals surface area contributed by atoms with Gasteiger partial charge in [0.25, 0.3) is 5.91 Å². The van der Waals surface area contributed by atoms with E-state index in [-0.39, 0.29) is 23.3 Å². The van der Waals surface area contributed by atoms with Crippen LogP contribution in [0.25, 0.3) is 0 Å². The second-order valence-corrected chi connectivity index (χ2v) is 5.89. The summed E-state index contributed by atoms with van der Waals surface area (Å²) in [5.74, 6) is -0.380.